The van der Waals surface area contributed by atoms with Crippen molar-refractivity contribution in [2.24, 2.45) is 0 Å². The van der Waals surface area contributed by atoms with Gasteiger partial charge in [0.1, 0.15) is 11.9 Å². The second-order valence-corrected chi connectivity index (χ2v) is 5.68. The highest BCUT2D eigenvalue weighted by molar-refractivity contribution is 5.94. The van der Waals surface area contributed by atoms with Gasteiger partial charge in [0.15, 0.2) is 0 Å². The van der Waals surface area contributed by atoms with Crippen molar-refractivity contribution < 1.29 is 14.3 Å². The van der Waals surface area contributed by atoms with E-state index in [4.69, 9.17) is 9.47 Å². The van der Waals surface area contributed by atoms with Crippen molar-refractivity contribution >= 4 is 22.6 Å². The molecule has 0 radical (unpaired) electrons. The number of aromatic amines is 1. The molecule has 1 heterocycles. The van der Waals surface area contributed by atoms with Crippen LogP contribution in [0.5, 0.6) is 0 Å². The van der Waals surface area contributed by atoms with E-state index >= 15 is 0 Å². The topological polar surface area (TPSA) is 76.2 Å². The van der Waals surface area contributed by atoms with Gasteiger partial charge in [-0.25, -0.2) is 4.98 Å². The maximum atomic E-state index is 12.2. The van der Waals surface area contributed by atoms with E-state index in [-0.39, 0.29) is 5.91 Å². The average molecular weight is 339 g/mol. The largest absolute Gasteiger partial charge is 0.382 e. The summed E-state index contributed by atoms with van der Waals surface area (Å²) in [6.45, 7) is 2.55. The predicted molar refractivity (Wildman–Crippen MR) is 97.4 cm³/mol. The number of rotatable bonds is 7. The van der Waals surface area contributed by atoms with Gasteiger partial charge in [-0.15, -0.1) is 0 Å². The number of para-hydroxylation sites is 2. The van der Waals surface area contributed by atoms with Crippen molar-refractivity contribution in [1.82, 2.24) is 9.97 Å². The molecule has 0 aliphatic rings. The Morgan fingerprint density at radius 1 is 1.20 bits per heavy atom. The van der Waals surface area contributed by atoms with Crippen LogP contribution in [0.4, 0.5) is 5.69 Å². The SMILES string of the molecule is COCCO[C@@H](C)C(=O)Nc1cccc(-c2nc3ccccc3[nH]2)c1. The van der Waals surface area contributed by atoms with Gasteiger partial charge in [0.2, 0.25) is 0 Å². The summed E-state index contributed by atoms with van der Waals surface area (Å²) in [5.41, 5.74) is 3.49. The number of anilines is 1. The van der Waals surface area contributed by atoms with Crippen molar-refractivity contribution in [3.63, 3.8) is 0 Å². The molecule has 0 unspecified atom stereocenters. The number of hydrogen-bond donors (Lipinski definition) is 2. The number of fused-ring (bicyclic) bond motifs is 1. The third-order valence-electron chi connectivity index (χ3n) is 3.82. The number of methoxy groups -OCH3 is 1. The summed E-state index contributed by atoms with van der Waals surface area (Å²) in [4.78, 5) is 20.1. The number of carbonyl (C=O) groups excluding carboxylic acids is 1. The number of H-pyrrole nitrogens is 1. The highest BCUT2D eigenvalue weighted by Crippen LogP contribution is 2.23. The molecule has 1 aromatic heterocycles. The Hall–Kier alpha value is -2.70. The first-order valence-electron chi connectivity index (χ1n) is 8.14. The fourth-order valence-corrected chi connectivity index (χ4v) is 2.46. The molecule has 25 heavy (non-hydrogen) atoms. The molecule has 1 amide bonds. The number of ether oxygens (including phenoxy) is 2. The Morgan fingerprint density at radius 2 is 2.04 bits per heavy atom. The van der Waals surface area contributed by atoms with Gasteiger partial charge < -0.3 is 19.8 Å². The lowest BCUT2D eigenvalue weighted by Crippen LogP contribution is -2.28. The molecule has 0 bridgehead atoms. The van der Waals surface area contributed by atoms with Gasteiger partial charge in [-0.2, -0.15) is 0 Å². The van der Waals surface area contributed by atoms with Gasteiger partial charge in [-0.05, 0) is 31.2 Å². The summed E-state index contributed by atoms with van der Waals surface area (Å²) in [6, 6.07) is 15.4. The van der Waals surface area contributed by atoms with Crippen LogP contribution in [0.1, 0.15) is 6.92 Å². The number of carbonyl (C=O) groups is 1. The van der Waals surface area contributed by atoms with E-state index in [1.54, 1.807) is 14.0 Å². The Balaban J connectivity index is 1.72. The first-order valence-corrected chi connectivity index (χ1v) is 8.14. The Morgan fingerprint density at radius 3 is 2.84 bits per heavy atom. The monoisotopic (exact) mass is 339 g/mol. The maximum absolute atomic E-state index is 12.2. The van der Waals surface area contributed by atoms with Crippen molar-refractivity contribution in [3.05, 3.63) is 48.5 Å². The van der Waals surface area contributed by atoms with E-state index in [9.17, 15) is 4.79 Å². The molecule has 6 heteroatoms. The molecule has 1 atom stereocenters. The molecule has 3 rings (SSSR count). The molecule has 0 aliphatic carbocycles. The van der Waals surface area contributed by atoms with Crippen molar-refractivity contribution in [1.29, 1.82) is 0 Å². The van der Waals surface area contributed by atoms with Crippen LogP contribution in [0.3, 0.4) is 0 Å². The smallest absolute Gasteiger partial charge is 0.253 e. The predicted octanol–water partition coefficient (Wildman–Crippen LogP) is 3.22. The van der Waals surface area contributed by atoms with Crippen LogP contribution < -0.4 is 5.32 Å². The Kier molecular flexibility index (Phi) is 5.42. The van der Waals surface area contributed by atoms with E-state index in [0.717, 1.165) is 22.4 Å². The summed E-state index contributed by atoms with van der Waals surface area (Å²) < 4.78 is 10.3. The Bertz CT molecular complexity index is 827. The van der Waals surface area contributed by atoms with Gasteiger partial charge in [-0.1, -0.05) is 24.3 Å². The van der Waals surface area contributed by atoms with Crippen LogP contribution in [-0.4, -0.2) is 42.3 Å². The maximum Gasteiger partial charge on any atom is 0.253 e. The number of benzene rings is 2. The first-order chi connectivity index (χ1) is 12.2. The quantitative estimate of drug-likeness (QED) is 0.648. The highest BCUT2D eigenvalue weighted by atomic mass is 16.5. The lowest BCUT2D eigenvalue weighted by Gasteiger charge is -2.13. The van der Waals surface area contributed by atoms with Crippen LogP contribution in [0, 0.1) is 0 Å². The summed E-state index contributed by atoms with van der Waals surface area (Å²) in [5, 5.41) is 2.87. The minimum atomic E-state index is -0.551. The molecule has 0 saturated carbocycles. The number of amides is 1. The summed E-state index contributed by atoms with van der Waals surface area (Å²) in [5.74, 6) is 0.569. The minimum absolute atomic E-state index is 0.196. The summed E-state index contributed by atoms with van der Waals surface area (Å²) >= 11 is 0. The zero-order valence-corrected chi connectivity index (χ0v) is 14.3. The van der Waals surface area contributed by atoms with Crippen LogP contribution >= 0.6 is 0 Å². The van der Waals surface area contributed by atoms with Gasteiger partial charge in [0.05, 0.1) is 24.2 Å². The normalized spacial score (nSPS) is 12.2. The minimum Gasteiger partial charge on any atom is -0.382 e. The number of hydrogen-bond acceptors (Lipinski definition) is 4. The average Bonchev–Trinajstić information content (AvgIpc) is 3.06. The van der Waals surface area contributed by atoms with Crippen molar-refractivity contribution in [3.8, 4) is 11.4 Å². The summed E-state index contributed by atoms with van der Waals surface area (Å²) in [6.07, 6.45) is -0.551. The number of imidazole rings is 1. The van der Waals surface area contributed by atoms with Gasteiger partial charge >= 0.3 is 0 Å². The van der Waals surface area contributed by atoms with E-state index < -0.39 is 6.10 Å². The fourth-order valence-electron chi connectivity index (χ4n) is 2.46. The molecule has 2 aromatic carbocycles. The van der Waals surface area contributed by atoms with E-state index in [2.05, 4.69) is 15.3 Å². The van der Waals surface area contributed by atoms with E-state index in [1.165, 1.54) is 0 Å². The van der Waals surface area contributed by atoms with E-state index in [1.807, 2.05) is 48.5 Å². The molecule has 2 N–H and O–H groups in total. The zero-order chi connectivity index (χ0) is 17.6. The van der Waals surface area contributed by atoms with Crippen LogP contribution in [-0.2, 0) is 14.3 Å². The number of nitrogens with one attached hydrogen (secondary N) is 2. The third kappa shape index (κ3) is 4.23. The first kappa shape index (κ1) is 17.1. The van der Waals surface area contributed by atoms with Crippen LogP contribution in [0.2, 0.25) is 0 Å². The van der Waals surface area contributed by atoms with Gasteiger partial charge in [-0.3, -0.25) is 4.79 Å². The van der Waals surface area contributed by atoms with Crippen molar-refractivity contribution in [2.75, 3.05) is 25.6 Å². The van der Waals surface area contributed by atoms with Crippen LogP contribution in [0.15, 0.2) is 48.5 Å². The zero-order valence-electron chi connectivity index (χ0n) is 14.3. The number of aromatic nitrogens is 2. The van der Waals surface area contributed by atoms with Crippen LogP contribution in [0.25, 0.3) is 22.4 Å². The second-order valence-electron chi connectivity index (χ2n) is 5.68. The van der Waals surface area contributed by atoms with Gasteiger partial charge in [0, 0.05) is 18.4 Å². The number of nitrogens with zero attached hydrogens (tertiary/aromatic N) is 1. The highest BCUT2D eigenvalue weighted by Gasteiger charge is 2.14. The molecule has 0 spiro atoms. The Labute approximate surface area is 146 Å². The standard InChI is InChI=1S/C19H21N3O3/c1-13(25-11-10-24-2)19(23)20-15-7-5-6-14(12-15)18-21-16-8-3-4-9-17(16)22-18/h3-9,12-13H,10-11H2,1-2H3,(H,20,23)(H,21,22)/t13-/m0/s1. The molecule has 6 nitrogen and oxygen atoms in total. The summed E-state index contributed by atoms with van der Waals surface area (Å²) in [7, 11) is 1.59. The van der Waals surface area contributed by atoms with Crippen molar-refractivity contribution in [2.45, 2.75) is 13.0 Å². The second kappa shape index (κ2) is 7.92. The molecule has 3 aromatic rings. The molecular weight excluding hydrogens is 318 g/mol. The fraction of sp³-hybridized carbons (Fsp3) is 0.263. The molecule has 130 valence electrons. The molecule has 0 fully saturated rings. The lowest BCUT2D eigenvalue weighted by atomic mass is 10.2. The molecular formula is C19H21N3O3. The molecule has 0 saturated heterocycles. The lowest BCUT2D eigenvalue weighted by molar-refractivity contribution is -0.127. The molecule has 0 aliphatic heterocycles. The van der Waals surface area contributed by atoms with E-state index in [0.29, 0.717) is 18.9 Å². The van der Waals surface area contributed by atoms with Gasteiger partial charge in [0.25, 0.3) is 5.91 Å². The third-order valence-corrected chi connectivity index (χ3v) is 3.82.